The molecule has 2 N–H and O–H groups in total. The predicted molar refractivity (Wildman–Crippen MR) is 108 cm³/mol. The Labute approximate surface area is 170 Å². The third kappa shape index (κ3) is 5.48. The zero-order chi connectivity index (χ0) is 18.5. The average Bonchev–Trinajstić information content (AvgIpc) is 2.61. The Hall–Kier alpha value is -1.03. The molecule has 2 rings (SSSR count). The van der Waals surface area contributed by atoms with Crippen LogP contribution in [0.3, 0.4) is 0 Å². The van der Waals surface area contributed by atoms with Crippen LogP contribution in [0.4, 0.5) is 13.2 Å². The summed E-state index contributed by atoms with van der Waals surface area (Å²) in [5, 5.41) is 0. The number of ether oxygens (including phenoxy) is 1. The minimum atomic E-state index is -4.36. The number of nitrogens with two attached hydrogens (primary N) is 1. The average molecular weight is 485 g/mol. The van der Waals surface area contributed by atoms with E-state index in [1.165, 1.54) is 12.1 Å². The van der Waals surface area contributed by atoms with E-state index in [1.807, 2.05) is 18.7 Å². The first-order valence-corrected chi connectivity index (χ1v) is 8.63. The van der Waals surface area contributed by atoms with Crippen molar-refractivity contribution in [1.29, 1.82) is 0 Å². The molecular weight excluding hydrogens is 458 g/mol. The number of hydrogen-bond donors (Lipinski definition) is 1. The van der Waals surface area contributed by atoms with E-state index in [9.17, 15) is 13.2 Å². The number of guanidine groups is 1. The van der Waals surface area contributed by atoms with Crippen molar-refractivity contribution in [3.63, 3.8) is 0 Å². The van der Waals surface area contributed by atoms with E-state index in [0.29, 0.717) is 44.1 Å². The molecule has 0 radical (unpaired) electrons. The van der Waals surface area contributed by atoms with Gasteiger partial charge >= 0.3 is 6.18 Å². The molecule has 1 aromatic rings. The molecule has 4 nitrogen and oxygen atoms in total. The molecule has 1 saturated heterocycles. The molecule has 0 spiro atoms. The largest absolute Gasteiger partial charge is 0.416 e. The third-order valence-corrected chi connectivity index (χ3v) is 4.88. The topological polar surface area (TPSA) is 50.8 Å². The highest BCUT2D eigenvalue weighted by Crippen LogP contribution is 2.38. The minimum absolute atomic E-state index is 0. The summed E-state index contributed by atoms with van der Waals surface area (Å²) in [6.45, 7) is 6.84. The predicted octanol–water partition coefficient (Wildman–Crippen LogP) is 4.03. The summed E-state index contributed by atoms with van der Waals surface area (Å²) in [5.41, 5.74) is 5.61. The first-order valence-electron chi connectivity index (χ1n) is 8.63. The molecule has 1 heterocycles. The molecule has 1 aliphatic rings. The molecular formula is C18H27F3IN3O. The highest BCUT2D eigenvalue weighted by molar-refractivity contribution is 14.0. The fourth-order valence-corrected chi connectivity index (χ4v) is 3.21. The van der Waals surface area contributed by atoms with Gasteiger partial charge in [0.25, 0.3) is 0 Å². The third-order valence-electron chi connectivity index (χ3n) is 4.88. The van der Waals surface area contributed by atoms with Gasteiger partial charge < -0.3 is 15.4 Å². The summed E-state index contributed by atoms with van der Waals surface area (Å²) in [6.07, 6.45) is -3.10. The highest BCUT2D eigenvalue weighted by atomic mass is 127. The second kappa shape index (κ2) is 9.77. The van der Waals surface area contributed by atoms with Crippen molar-refractivity contribution in [2.45, 2.75) is 38.3 Å². The summed E-state index contributed by atoms with van der Waals surface area (Å²) in [7, 11) is 0. The van der Waals surface area contributed by atoms with Crippen molar-refractivity contribution in [3.05, 3.63) is 35.4 Å². The van der Waals surface area contributed by atoms with Gasteiger partial charge in [-0.3, -0.25) is 4.99 Å². The van der Waals surface area contributed by atoms with E-state index < -0.39 is 17.2 Å². The smallest absolute Gasteiger partial charge is 0.381 e. The molecule has 26 heavy (non-hydrogen) atoms. The second-order valence-corrected chi connectivity index (χ2v) is 6.32. The molecule has 0 aliphatic carbocycles. The Morgan fingerprint density at radius 3 is 2.38 bits per heavy atom. The Morgan fingerprint density at radius 1 is 1.23 bits per heavy atom. The Balaban J connectivity index is 0.00000338. The normalized spacial score (nSPS) is 17.5. The first kappa shape index (κ1) is 23.0. The lowest BCUT2D eigenvalue weighted by atomic mass is 9.74. The van der Waals surface area contributed by atoms with Crippen molar-refractivity contribution in [1.82, 2.24) is 4.90 Å². The lowest BCUT2D eigenvalue weighted by Gasteiger charge is -2.37. The monoisotopic (exact) mass is 485 g/mol. The molecule has 0 aromatic heterocycles. The standard InChI is InChI=1S/C18H26F3N3O.HI/c1-3-24(4-2)16(22)23-13-17(8-10-25-11-9-17)14-6-5-7-15(12-14)18(19,20)21;/h5-7,12H,3-4,8-11,13H2,1-2H3,(H2,22,23);1H. The number of nitrogens with zero attached hydrogens (tertiary/aromatic N) is 2. The quantitative estimate of drug-likeness (QED) is 0.390. The van der Waals surface area contributed by atoms with Gasteiger partial charge in [-0.15, -0.1) is 24.0 Å². The van der Waals surface area contributed by atoms with E-state index in [0.717, 1.165) is 19.2 Å². The van der Waals surface area contributed by atoms with Crippen LogP contribution in [0, 0.1) is 0 Å². The number of halogens is 4. The van der Waals surface area contributed by atoms with Crippen LogP contribution >= 0.6 is 24.0 Å². The van der Waals surface area contributed by atoms with Crippen LogP contribution in [0.15, 0.2) is 29.3 Å². The Morgan fingerprint density at radius 2 is 1.85 bits per heavy atom. The number of aliphatic imine (C=N–C) groups is 1. The summed E-state index contributed by atoms with van der Waals surface area (Å²) in [5.74, 6) is 0.433. The minimum Gasteiger partial charge on any atom is -0.381 e. The zero-order valence-corrected chi connectivity index (χ0v) is 17.5. The summed E-state index contributed by atoms with van der Waals surface area (Å²) >= 11 is 0. The van der Waals surface area contributed by atoms with Gasteiger partial charge in [0, 0.05) is 31.7 Å². The van der Waals surface area contributed by atoms with Crippen molar-refractivity contribution in [2.24, 2.45) is 10.7 Å². The molecule has 0 bridgehead atoms. The van der Waals surface area contributed by atoms with Crippen LogP contribution in [0.25, 0.3) is 0 Å². The molecule has 1 fully saturated rings. The van der Waals surface area contributed by atoms with Crippen LogP contribution in [-0.2, 0) is 16.3 Å². The zero-order valence-electron chi connectivity index (χ0n) is 15.2. The van der Waals surface area contributed by atoms with Gasteiger partial charge in [-0.25, -0.2) is 0 Å². The van der Waals surface area contributed by atoms with E-state index >= 15 is 0 Å². The maximum absolute atomic E-state index is 13.1. The van der Waals surface area contributed by atoms with E-state index in [2.05, 4.69) is 4.99 Å². The van der Waals surface area contributed by atoms with E-state index in [-0.39, 0.29) is 24.0 Å². The Bertz CT molecular complexity index is 598. The summed E-state index contributed by atoms with van der Waals surface area (Å²) in [6, 6.07) is 5.56. The first-order chi connectivity index (χ1) is 11.8. The van der Waals surface area contributed by atoms with Gasteiger partial charge in [0.15, 0.2) is 5.96 Å². The van der Waals surface area contributed by atoms with Crippen molar-refractivity contribution >= 4 is 29.9 Å². The lowest BCUT2D eigenvalue weighted by Crippen LogP contribution is -2.41. The van der Waals surface area contributed by atoms with Crippen LogP contribution in [0.1, 0.15) is 37.8 Å². The van der Waals surface area contributed by atoms with Gasteiger partial charge in [-0.2, -0.15) is 13.2 Å². The summed E-state index contributed by atoms with van der Waals surface area (Å²) < 4.78 is 44.7. The van der Waals surface area contributed by atoms with E-state index in [1.54, 1.807) is 6.07 Å². The van der Waals surface area contributed by atoms with Crippen molar-refractivity contribution < 1.29 is 17.9 Å². The van der Waals surface area contributed by atoms with Crippen LogP contribution < -0.4 is 5.73 Å². The fourth-order valence-electron chi connectivity index (χ4n) is 3.21. The molecule has 0 saturated carbocycles. The van der Waals surface area contributed by atoms with Crippen LogP contribution in [0.5, 0.6) is 0 Å². The lowest BCUT2D eigenvalue weighted by molar-refractivity contribution is -0.137. The number of hydrogen-bond acceptors (Lipinski definition) is 2. The van der Waals surface area contributed by atoms with Crippen molar-refractivity contribution in [2.75, 3.05) is 32.8 Å². The fraction of sp³-hybridized carbons (Fsp3) is 0.611. The maximum Gasteiger partial charge on any atom is 0.416 e. The Kier molecular flexibility index (Phi) is 8.65. The summed E-state index contributed by atoms with van der Waals surface area (Å²) in [4.78, 5) is 6.44. The maximum atomic E-state index is 13.1. The molecule has 1 aromatic carbocycles. The van der Waals surface area contributed by atoms with Gasteiger partial charge in [0.1, 0.15) is 0 Å². The number of benzene rings is 1. The van der Waals surface area contributed by atoms with Crippen LogP contribution in [0.2, 0.25) is 0 Å². The van der Waals surface area contributed by atoms with Crippen LogP contribution in [-0.4, -0.2) is 43.7 Å². The molecule has 0 atom stereocenters. The number of rotatable bonds is 5. The van der Waals surface area contributed by atoms with Gasteiger partial charge in [0.05, 0.1) is 12.1 Å². The molecule has 1 aliphatic heterocycles. The molecule has 148 valence electrons. The van der Waals surface area contributed by atoms with E-state index in [4.69, 9.17) is 10.5 Å². The molecule has 0 unspecified atom stereocenters. The van der Waals surface area contributed by atoms with Gasteiger partial charge in [0.2, 0.25) is 0 Å². The second-order valence-electron chi connectivity index (χ2n) is 6.32. The number of alkyl halides is 3. The van der Waals surface area contributed by atoms with Gasteiger partial charge in [-0.1, -0.05) is 18.2 Å². The molecule has 0 amide bonds. The highest BCUT2D eigenvalue weighted by Gasteiger charge is 2.37. The molecule has 8 heteroatoms. The van der Waals surface area contributed by atoms with Gasteiger partial charge in [-0.05, 0) is 38.3 Å². The SMILES string of the molecule is CCN(CC)C(N)=NCC1(c2cccc(C(F)(F)F)c2)CCOCC1.I. The van der Waals surface area contributed by atoms with Crippen molar-refractivity contribution in [3.8, 4) is 0 Å².